The summed E-state index contributed by atoms with van der Waals surface area (Å²) in [7, 11) is 0. The van der Waals surface area contributed by atoms with Crippen LogP contribution in [0.1, 0.15) is 5.56 Å². The Morgan fingerprint density at radius 2 is 2.46 bits per heavy atom. The molecule has 1 radical (unpaired) electrons. The van der Waals surface area contributed by atoms with Gasteiger partial charge in [0, 0.05) is 6.07 Å². The van der Waals surface area contributed by atoms with Gasteiger partial charge in [0.05, 0.1) is 5.56 Å². The van der Waals surface area contributed by atoms with E-state index in [1.165, 1.54) is 11.1 Å². The van der Waals surface area contributed by atoms with Crippen molar-refractivity contribution in [3.8, 4) is 11.8 Å². The molecule has 0 atom stereocenters. The van der Waals surface area contributed by atoms with Crippen LogP contribution in [-0.4, -0.2) is 20.2 Å². The van der Waals surface area contributed by atoms with Crippen LogP contribution in [0.4, 0.5) is 0 Å². The number of hydrogen-bond acceptors (Lipinski definition) is 4. The molecule has 5 nitrogen and oxygen atoms in total. The van der Waals surface area contributed by atoms with E-state index in [1.807, 2.05) is 6.07 Å². The Kier molecular flexibility index (Phi) is 1.73. The second-order valence-electron chi connectivity index (χ2n) is 2.27. The van der Waals surface area contributed by atoms with Crippen LogP contribution >= 0.6 is 0 Å². The molecular weight excluding hydrogens is 166 g/mol. The molecule has 0 fully saturated rings. The second kappa shape index (κ2) is 3.03. The molecule has 1 heterocycles. The van der Waals surface area contributed by atoms with Crippen molar-refractivity contribution in [1.82, 2.24) is 20.2 Å². The summed E-state index contributed by atoms with van der Waals surface area (Å²) in [6.07, 6.45) is 1.31. The zero-order valence-corrected chi connectivity index (χ0v) is 6.55. The number of nitriles is 1. The van der Waals surface area contributed by atoms with Crippen molar-refractivity contribution in [3.63, 3.8) is 0 Å². The predicted octanol–water partition coefficient (Wildman–Crippen LogP) is 0.334. The van der Waals surface area contributed by atoms with Gasteiger partial charge in [-0.2, -0.15) is 5.26 Å². The maximum absolute atomic E-state index is 8.75. The lowest BCUT2D eigenvalue weighted by Gasteiger charge is -1.98. The van der Waals surface area contributed by atoms with Crippen LogP contribution in [0, 0.1) is 17.4 Å². The van der Waals surface area contributed by atoms with Crippen molar-refractivity contribution in [2.24, 2.45) is 0 Å². The minimum Gasteiger partial charge on any atom is -0.192 e. The lowest BCUT2D eigenvalue weighted by molar-refractivity contribution is 0.718. The average Bonchev–Trinajstić information content (AvgIpc) is 2.70. The molecular formula is C8H4N5. The normalized spacial score (nSPS) is 9.46. The molecule has 0 N–H and O–H groups in total. The summed E-state index contributed by atoms with van der Waals surface area (Å²) in [6, 6.07) is 9.95. The van der Waals surface area contributed by atoms with Gasteiger partial charge in [-0.3, -0.25) is 0 Å². The third kappa shape index (κ3) is 1.25. The van der Waals surface area contributed by atoms with Crippen LogP contribution in [0.25, 0.3) is 5.69 Å². The third-order valence-corrected chi connectivity index (χ3v) is 1.51. The molecule has 1 aromatic carbocycles. The van der Waals surface area contributed by atoms with Gasteiger partial charge in [0.25, 0.3) is 0 Å². The van der Waals surface area contributed by atoms with Gasteiger partial charge in [0.15, 0.2) is 6.33 Å². The van der Waals surface area contributed by atoms with Gasteiger partial charge in [-0.15, -0.1) is 15.0 Å². The minimum atomic E-state index is 0.403. The zero-order chi connectivity index (χ0) is 9.10. The first kappa shape index (κ1) is 7.43. The summed E-state index contributed by atoms with van der Waals surface area (Å²) in [5.74, 6) is 0. The molecule has 5 heteroatoms. The first-order chi connectivity index (χ1) is 6.42. The van der Waals surface area contributed by atoms with Crippen molar-refractivity contribution in [1.29, 1.82) is 5.26 Å². The Morgan fingerprint density at radius 3 is 3.15 bits per heavy atom. The van der Waals surface area contributed by atoms with Crippen molar-refractivity contribution in [2.75, 3.05) is 0 Å². The second-order valence-corrected chi connectivity index (χ2v) is 2.27. The lowest BCUT2D eigenvalue weighted by Crippen LogP contribution is -2.01. The van der Waals surface area contributed by atoms with Gasteiger partial charge < -0.3 is 0 Å². The molecule has 0 aliphatic heterocycles. The molecule has 0 aliphatic rings. The highest BCUT2D eigenvalue weighted by Crippen LogP contribution is 2.08. The maximum Gasteiger partial charge on any atom is 0.162 e. The lowest BCUT2D eigenvalue weighted by atomic mass is 10.2. The summed E-state index contributed by atoms with van der Waals surface area (Å²) in [5, 5.41) is 19.8. The van der Waals surface area contributed by atoms with Gasteiger partial charge in [-0.05, 0) is 11.3 Å². The SMILES string of the molecule is N#Cc1[c]cccc1-n1ncnn1. The van der Waals surface area contributed by atoms with Crippen LogP contribution in [0.2, 0.25) is 0 Å². The van der Waals surface area contributed by atoms with E-state index in [0.717, 1.165) is 0 Å². The van der Waals surface area contributed by atoms with Crippen LogP contribution in [0.3, 0.4) is 0 Å². The summed E-state index contributed by atoms with van der Waals surface area (Å²) >= 11 is 0. The van der Waals surface area contributed by atoms with Crippen LogP contribution in [-0.2, 0) is 0 Å². The molecule has 0 saturated heterocycles. The first-order valence-electron chi connectivity index (χ1n) is 3.56. The first-order valence-corrected chi connectivity index (χ1v) is 3.56. The van der Waals surface area contributed by atoms with Crippen molar-refractivity contribution in [2.45, 2.75) is 0 Å². The molecule has 61 valence electrons. The highest BCUT2D eigenvalue weighted by atomic mass is 15.6. The smallest absolute Gasteiger partial charge is 0.162 e. The largest absolute Gasteiger partial charge is 0.192 e. The van der Waals surface area contributed by atoms with E-state index >= 15 is 0 Å². The molecule has 0 saturated carbocycles. The summed E-state index contributed by atoms with van der Waals surface area (Å²) in [4.78, 5) is 1.29. The van der Waals surface area contributed by atoms with Crippen LogP contribution < -0.4 is 0 Å². The Balaban J connectivity index is 2.59. The molecule has 1 aromatic heterocycles. The van der Waals surface area contributed by atoms with Crippen LogP contribution in [0.5, 0.6) is 0 Å². The standard InChI is InChI=1S/C8H4N5/c9-5-7-3-1-2-4-8(7)13-11-6-10-12-13/h1-2,4,6H. The highest BCUT2D eigenvalue weighted by molar-refractivity contribution is 5.46. The maximum atomic E-state index is 8.75. The van der Waals surface area contributed by atoms with E-state index in [9.17, 15) is 0 Å². The predicted molar refractivity (Wildman–Crippen MR) is 42.7 cm³/mol. The van der Waals surface area contributed by atoms with E-state index in [-0.39, 0.29) is 0 Å². The van der Waals surface area contributed by atoms with Crippen molar-refractivity contribution < 1.29 is 0 Å². The number of hydrogen-bond donors (Lipinski definition) is 0. The highest BCUT2D eigenvalue weighted by Gasteiger charge is 2.03. The number of tetrazole rings is 1. The Morgan fingerprint density at radius 1 is 1.54 bits per heavy atom. The van der Waals surface area contributed by atoms with E-state index in [4.69, 9.17) is 5.26 Å². The molecule has 0 unspecified atom stereocenters. The van der Waals surface area contributed by atoms with E-state index < -0.39 is 0 Å². The molecule has 13 heavy (non-hydrogen) atoms. The van der Waals surface area contributed by atoms with Crippen molar-refractivity contribution in [3.05, 3.63) is 36.2 Å². The third-order valence-electron chi connectivity index (χ3n) is 1.51. The Hall–Kier alpha value is -2.22. The Bertz CT molecular complexity index is 440. The number of rotatable bonds is 1. The minimum absolute atomic E-state index is 0.403. The summed E-state index contributed by atoms with van der Waals surface area (Å²) in [5.41, 5.74) is 0.989. The number of nitrogens with zero attached hydrogens (tertiary/aromatic N) is 5. The topological polar surface area (TPSA) is 67.4 Å². The van der Waals surface area contributed by atoms with Gasteiger partial charge >= 0.3 is 0 Å². The van der Waals surface area contributed by atoms with E-state index in [0.29, 0.717) is 11.3 Å². The van der Waals surface area contributed by atoms with Crippen LogP contribution in [0.15, 0.2) is 24.5 Å². The molecule has 0 amide bonds. The zero-order valence-electron chi connectivity index (χ0n) is 6.55. The molecule has 0 aliphatic carbocycles. The molecule has 0 spiro atoms. The fourth-order valence-electron chi connectivity index (χ4n) is 0.962. The van der Waals surface area contributed by atoms with Gasteiger partial charge in [0.2, 0.25) is 0 Å². The van der Waals surface area contributed by atoms with Gasteiger partial charge in [-0.25, -0.2) is 0 Å². The van der Waals surface area contributed by atoms with Crippen molar-refractivity contribution >= 4 is 0 Å². The van der Waals surface area contributed by atoms with Gasteiger partial charge in [-0.1, -0.05) is 12.1 Å². The summed E-state index contributed by atoms with van der Waals surface area (Å²) < 4.78 is 0. The fourth-order valence-corrected chi connectivity index (χ4v) is 0.962. The molecule has 2 aromatic rings. The fraction of sp³-hybridized carbons (Fsp3) is 0. The quantitative estimate of drug-likeness (QED) is 0.618. The van der Waals surface area contributed by atoms with Gasteiger partial charge in [0.1, 0.15) is 11.8 Å². The number of benzene rings is 1. The van der Waals surface area contributed by atoms with E-state index in [2.05, 4.69) is 21.5 Å². The molecule has 2 rings (SSSR count). The monoisotopic (exact) mass is 170 g/mol. The van der Waals surface area contributed by atoms with E-state index in [1.54, 1.807) is 18.2 Å². The average molecular weight is 170 g/mol. The molecule has 0 bridgehead atoms. The number of aromatic nitrogens is 4. The Labute approximate surface area is 74.2 Å². The summed E-state index contributed by atoms with van der Waals surface area (Å²) in [6.45, 7) is 0.